The minimum absolute atomic E-state index is 0. The second-order valence-electron chi connectivity index (χ2n) is 4.68. The summed E-state index contributed by atoms with van der Waals surface area (Å²) in [7, 11) is -3.25. The second-order valence-corrected chi connectivity index (χ2v) is 6.82. The summed E-state index contributed by atoms with van der Waals surface area (Å²) < 4.78 is 22.1. The number of carbonyl (C=O) groups excluding carboxylic acids is 1. The molecule has 1 amide bonds. The Kier molecular flexibility index (Phi) is 6.43. The van der Waals surface area contributed by atoms with Gasteiger partial charge in [-0.15, -0.1) is 12.4 Å². The molecule has 2 N–H and O–H groups in total. The molecule has 0 bridgehead atoms. The number of amides is 1. The molecule has 1 heterocycles. The Morgan fingerprint density at radius 3 is 2.53 bits per heavy atom. The number of carbonyl (C=O) groups is 1. The van der Waals surface area contributed by atoms with Crippen LogP contribution in [0.15, 0.2) is 0 Å². The van der Waals surface area contributed by atoms with Crippen LogP contribution in [0.5, 0.6) is 0 Å². The average Bonchev–Trinajstić information content (AvgIpc) is 2.14. The van der Waals surface area contributed by atoms with E-state index < -0.39 is 15.6 Å². The van der Waals surface area contributed by atoms with E-state index in [1.807, 2.05) is 0 Å². The number of nitrogens with zero attached hydrogens (tertiary/aromatic N) is 1. The lowest BCUT2D eigenvalue weighted by Gasteiger charge is -2.37. The van der Waals surface area contributed by atoms with Crippen LogP contribution in [-0.2, 0) is 14.6 Å². The molecule has 1 fully saturated rings. The summed E-state index contributed by atoms with van der Waals surface area (Å²) >= 11 is 0. The van der Waals surface area contributed by atoms with Crippen molar-refractivity contribution in [2.75, 3.05) is 25.1 Å². The number of rotatable bonds is 3. The highest BCUT2D eigenvalue weighted by molar-refractivity contribution is 7.91. The molecule has 0 saturated carbocycles. The van der Waals surface area contributed by atoms with E-state index in [9.17, 15) is 13.2 Å². The van der Waals surface area contributed by atoms with Crippen molar-refractivity contribution in [3.05, 3.63) is 0 Å². The lowest BCUT2D eigenvalue weighted by Crippen LogP contribution is -2.50. The minimum atomic E-state index is -3.25. The molecule has 0 aromatic rings. The molecule has 0 aliphatic carbocycles. The molecule has 17 heavy (non-hydrogen) atoms. The van der Waals surface area contributed by atoms with Crippen molar-refractivity contribution in [3.8, 4) is 0 Å². The summed E-state index contributed by atoms with van der Waals surface area (Å²) in [5.41, 5.74) is 5.61. The van der Waals surface area contributed by atoms with Crippen molar-refractivity contribution in [1.29, 1.82) is 0 Å². The number of hydrogen-bond donors (Lipinski definition) is 1. The molecule has 0 spiro atoms. The smallest absolute Gasteiger partial charge is 0.238 e. The summed E-state index contributed by atoms with van der Waals surface area (Å²) in [6, 6.07) is -0.00185. The van der Waals surface area contributed by atoms with Crippen LogP contribution >= 0.6 is 12.4 Å². The molecule has 2 atom stereocenters. The highest BCUT2D eigenvalue weighted by Gasteiger charge is 2.30. The number of likely N-dealkylation sites (tertiary alicyclic amines) is 1. The lowest BCUT2D eigenvalue weighted by molar-refractivity contribution is -0.132. The Morgan fingerprint density at radius 1 is 1.47 bits per heavy atom. The van der Waals surface area contributed by atoms with E-state index in [0.29, 0.717) is 19.0 Å². The molecule has 102 valence electrons. The van der Waals surface area contributed by atoms with Crippen LogP contribution in [0.4, 0.5) is 0 Å². The summed E-state index contributed by atoms with van der Waals surface area (Å²) in [6.45, 7) is 3.15. The van der Waals surface area contributed by atoms with E-state index in [0.717, 1.165) is 19.1 Å². The zero-order valence-electron chi connectivity index (χ0n) is 10.3. The van der Waals surface area contributed by atoms with Gasteiger partial charge in [0.25, 0.3) is 0 Å². The first-order valence-corrected chi connectivity index (χ1v) is 7.57. The fourth-order valence-electron chi connectivity index (χ4n) is 2.11. The van der Waals surface area contributed by atoms with Crippen LogP contribution < -0.4 is 5.73 Å². The van der Waals surface area contributed by atoms with Crippen molar-refractivity contribution < 1.29 is 13.2 Å². The molecule has 0 aromatic heterocycles. The van der Waals surface area contributed by atoms with Gasteiger partial charge in [0.2, 0.25) is 5.91 Å². The van der Waals surface area contributed by atoms with Crippen molar-refractivity contribution in [3.63, 3.8) is 0 Å². The van der Waals surface area contributed by atoms with Crippen molar-refractivity contribution in [1.82, 2.24) is 4.90 Å². The van der Waals surface area contributed by atoms with Gasteiger partial charge >= 0.3 is 0 Å². The Balaban J connectivity index is 0.00000256. The zero-order chi connectivity index (χ0) is 12.3. The van der Waals surface area contributed by atoms with Crippen LogP contribution in [0.25, 0.3) is 0 Å². The molecule has 1 saturated heterocycles. The highest BCUT2D eigenvalue weighted by Crippen LogP contribution is 2.22. The largest absolute Gasteiger partial charge is 0.338 e. The standard InChI is InChI=1S/C10H20N2O3S.ClH/c1-8-3-4-12(9(5-8)6-11)10(13)7-16(2,14)15;/h8-9H,3-7,11H2,1-2H3;1H. The van der Waals surface area contributed by atoms with Crippen molar-refractivity contribution in [2.24, 2.45) is 11.7 Å². The molecule has 1 aliphatic heterocycles. The average molecular weight is 285 g/mol. The molecule has 1 aliphatic rings. The van der Waals surface area contributed by atoms with Crippen LogP contribution in [0.2, 0.25) is 0 Å². The first kappa shape index (κ1) is 16.7. The Bertz CT molecular complexity index is 359. The second kappa shape index (κ2) is 6.56. The van der Waals surface area contributed by atoms with Crippen LogP contribution in [0.3, 0.4) is 0 Å². The zero-order valence-corrected chi connectivity index (χ0v) is 11.9. The number of nitrogens with two attached hydrogens (primary N) is 1. The molecule has 1 rings (SSSR count). The highest BCUT2D eigenvalue weighted by atomic mass is 35.5. The third-order valence-corrected chi connectivity index (χ3v) is 3.73. The van der Waals surface area contributed by atoms with E-state index in [1.165, 1.54) is 0 Å². The Morgan fingerprint density at radius 2 is 2.06 bits per heavy atom. The van der Waals surface area contributed by atoms with Gasteiger partial charge in [-0.3, -0.25) is 4.79 Å². The number of hydrogen-bond acceptors (Lipinski definition) is 4. The van der Waals surface area contributed by atoms with Crippen LogP contribution in [0.1, 0.15) is 19.8 Å². The summed E-state index contributed by atoms with van der Waals surface area (Å²) in [5, 5.41) is 0. The first-order valence-electron chi connectivity index (χ1n) is 5.50. The molecule has 0 radical (unpaired) electrons. The SMILES string of the molecule is CC1CCN(C(=O)CS(C)(=O)=O)C(CN)C1.Cl. The van der Waals surface area contributed by atoms with E-state index in [2.05, 4.69) is 6.92 Å². The van der Waals surface area contributed by atoms with Gasteiger partial charge < -0.3 is 10.6 Å². The number of piperidine rings is 1. The predicted octanol–water partition coefficient (Wildman–Crippen LogP) is 0.0386. The van der Waals surface area contributed by atoms with E-state index >= 15 is 0 Å². The number of halogens is 1. The quantitative estimate of drug-likeness (QED) is 0.793. The molecular formula is C10H21ClN2O3S. The molecule has 5 nitrogen and oxygen atoms in total. The van der Waals surface area contributed by atoms with Gasteiger partial charge in [0.05, 0.1) is 0 Å². The van der Waals surface area contributed by atoms with Crippen molar-refractivity contribution >= 4 is 28.2 Å². The third-order valence-electron chi connectivity index (χ3n) is 2.96. The van der Waals surface area contributed by atoms with E-state index in [-0.39, 0.29) is 24.4 Å². The van der Waals surface area contributed by atoms with Crippen LogP contribution in [0, 0.1) is 5.92 Å². The predicted molar refractivity (Wildman–Crippen MR) is 69.9 cm³/mol. The lowest BCUT2D eigenvalue weighted by atomic mass is 9.92. The minimum Gasteiger partial charge on any atom is -0.338 e. The maximum Gasteiger partial charge on any atom is 0.238 e. The first-order chi connectivity index (χ1) is 7.33. The van der Waals surface area contributed by atoms with Gasteiger partial charge in [-0.2, -0.15) is 0 Å². The molecule has 2 unspecified atom stereocenters. The van der Waals surface area contributed by atoms with Crippen molar-refractivity contribution in [2.45, 2.75) is 25.8 Å². The fourth-order valence-corrected chi connectivity index (χ4v) is 2.73. The van der Waals surface area contributed by atoms with Gasteiger partial charge in [0.15, 0.2) is 9.84 Å². The monoisotopic (exact) mass is 284 g/mol. The van der Waals surface area contributed by atoms with E-state index in [4.69, 9.17) is 5.73 Å². The van der Waals surface area contributed by atoms with Gasteiger partial charge in [-0.1, -0.05) is 6.92 Å². The van der Waals surface area contributed by atoms with Gasteiger partial charge in [-0.05, 0) is 18.8 Å². The maximum absolute atomic E-state index is 11.8. The molecule has 0 aromatic carbocycles. The van der Waals surface area contributed by atoms with Gasteiger partial charge in [0.1, 0.15) is 5.75 Å². The number of sulfone groups is 1. The van der Waals surface area contributed by atoms with Crippen LogP contribution in [-0.4, -0.2) is 50.4 Å². The van der Waals surface area contributed by atoms with E-state index in [1.54, 1.807) is 4.90 Å². The Hall–Kier alpha value is -0.330. The normalized spacial score (nSPS) is 25.2. The van der Waals surface area contributed by atoms with Gasteiger partial charge in [0, 0.05) is 25.4 Å². The molecule has 7 heteroatoms. The fraction of sp³-hybridized carbons (Fsp3) is 0.900. The Labute approximate surface area is 109 Å². The topological polar surface area (TPSA) is 80.5 Å². The summed E-state index contributed by atoms with van der Waals surface area (Å²) in [6.07, 6.45) is 2.87. The maximum atomic E-state index is 11.8. The van der Waals surface area contributed by atoms with Gasteiger partial charge in [-0.25, -0.2) is 8.42 Å². The summed E-state index contributed by atoms with van der Waals surface area (Å²) in [5.74, 6) is -0.168. The molecular weight excluding hydrogens is 264 g/mol. The third kappa shape index (κ3) is 5.23. The summed E-state index contributed by atoms with van der Waals surface area (Å²) in [4.78, 5) is 13.4.